The fourth-order valence-electron chi connectivity index (χ4n) is 3.94. The van der Waals surface area contributed by atoms with E-state index in [0.29, 0.717) is 12.5 Å². The van der Waals surface area contributed by atoms with Crippen LogP contribution in [0.15, 0.2) is 23.1 Å². The Morgan fingerprint density at radius 1 is 1.21 bits per heavy atom. The van der Waals surface area contributed by atoms with Gasteiger partial charge in [-0.1, -0.05) is 6.92 Å². The number of nitrogens with zero attached hydrogens (tertiary/aromatic N) is 2. The van der Waals surface area contributed by atoms with E-state index in [4.69, 9.17) is 4.74 Å². The van der Waals surface area contributed by atoms with Crippen molar-refractivity contribution in [3.05, 3.63) is 18.2 Å². The molecule has 2 aliphatic rings. The smallest absolute Gasteiger partial charge is 0.240 e. The van der Waals surface area contributed by atoms with Gasteiger partial charge in [0.25, 0.3) is 0 Å². The van der Waals surface area contributed by atoms with Crippen LogP contribution in [0.5, 0.6) is 5.75 Å². The number of likely N-dealkylation sites (tertiary alicyclic amines) is 1. The van der Waals surface area contributed by atoms with Gasteiger partial charge in [0.15, 0.2) is 0 Å². The van der Waals surface area contributed by atoms with E-state index in [1.54, 1.807) is 0 Å². The minimum absolute atomic E-state index is 0.00685. The molecule has 0 bridgehead atoms. The van der Waals surface area contributed by atoms with Crippen molar-refractivity contribution in [2.45, 2.75) is 43.9 Å². The maximum Gasteiger partial charge on any atom is 0.240 e. The summed E-state index contributed by atoms with van der Waals surface area (Å²) in [5.74, 6) is 0.263. The molecule has 1 aromatic carbocycles. The van der Waals surface area contributed by atoms with Crippen LogP contribution in [0.25, 0.3) is 0 Å². The van der Waals surface area contributed by atoms with Gasteiger partial charge in [0, 0.05) is 25.9 Å². The summed E-state index contributed by atoms with van der Waals surface area (Å²) >= 11 is 0. The number of amides is 2. The Kier molecular flexibility index (Phi) is 6.92. The van der Waals surface area contributed by atoms with Crippen LogP contribution in [0.2, 0.25) is 0 Å². The van der Waals surface area contributed by atoms with Gasteiger partial charge in [-0.15, -0.1) is 0 Å². The van der Waals surface area contributed by atoms with Gasteiger partial charge in [0.05, 0.1) is 17.7 Å². The van der Waals surface area contributed by atoms with Gasteiger partial charge < -0.3 is 9.64 Å². The number of piperidine rings is 1. The first-order chi connectivity index (χ1) is 13.8. The molecule has 0 aliphatic carbocycles. The highest BCUT2D eigenvalue weighted by Gasteiger charge is 2.33. The predicted octanol–water partition coefficient (Wildman–Crippen LogP) is 1.75. The number of nitrogens with one attached hydrogen (secondary N) is 1. The molecule has 8 nitrogen and oxygen atoms in total. The Morgan fingerprint density at radius 2 is 1.93 bits per heavy atom. The zero-order valence-corrected chi connectivity index (χ0v) is 17.8. The molecule has 2 saturated heterocycles. The van der Waals surface area contributed by atoms with Crippen molar-refractivity contribution in [3.8, 4) is 5.75 Å². The van der Waals surface area contributed by atoms with E-state index in [0.717, 1.165) is 31.0 Å². The van der Waals surface area contributed by atoms with Crippen molar-refractivity contribution >= 4 is 27.5 Å². The van der Waals surface area contributed by atoms with Crippen LogP contribution < -0.4 is 14.4 Å². The maximum atomic E-state index is 12.7. The van der Waals surface area contributed by atoms with Crippen LogP contribution in [0.1, 0.15) is 39.0 Å². The van der Waals surface area contributed by atoms with Crippen LogP contribution in [0, 0.1) is 5.92 Å². The molecule has 3 rings (SSSR count). The van der Waals surface area contributed by atoms with Crippen LogP contribution in [-0.4, -0.2) is 58.4 Å². The lowest BCUT2D eigenvalue weighted by Gasteiger charge is -2.30. The minimum atomic E-state index is -3.76. The van der Waals surface area contributed by atoms with Gasteiger partial charge in [-0.25, -0.2) is 18.0 Å². The Balaban J connectivity index is 1.66. The minimum Gasteiger partial charge on any atom is -0.495 e. The van der Waals surface area contributed by atoms with Gasteiger partial charge in [-0.05, 0) is 56.5 Å². The standard InChI is InChI=1S/C20H29N3O5S/c1-15-5-3-11-22(14-15)12-4-10-21-29(26,27)16-6-7-18(28-2)17(13-16)23-19(24)8-9-20(23)25/h6-7,13,15,21H,3-5,8-12,14H2,1-2H3/t15-/m0/s1. The van der Waals surface area contributed by atoms with Crippen molar-refractivity contribution in [2.24, 2.45) is 5.92 Å². The summed E-state index contributed by atoms with van der Waals surface area (Å²) in [7, 11) is -2.34. The van der Waals surface area contributed by atoms with Crippen LogP contribution in [0.4, 0.5) is 5.69 Å². The molecule has 0 aromatic heterocycles. The molecule has 1 aromatic rings. The summed E-state index contributed by atoms with van der Waals surface area (Å²) in [5, 5.41) is 0. The normalized spacial score (nSPS) is 21.0. The molecule has 160 valence electrons. The Hall–Kier alpha value is -1.97. The summed E-state index contributed by atoms with van der Waals surface area (Å²) in [6.07, 6.45) is 3.40. The van der Waals surface area contributed by atoms with Crippen LogP contribution in [-0.2, 0) is 19.6 Å². The van der Waals surface area contributed by atoms with E-state index in [-0.39, 0.29) is 41.0 Å². The summed E-state index contributed by atoms with van der Waals surface area (Å²) < 4.78 is 33.3. The molecule has 0 unspecified atom stereocenters. The highest BCUT2D eigenvalue weighted by Crippen LogP contribution is 2.34. The highest BCUT2D eigenvalue weighted by atomic mass is 32.2. The lowest BCUT2D eigenvalue weighted by atomic mass is 10.0. The molecule has 2 fully saturated rings. The quantitative estimate of drug-likeness (QED) is 0.506. The van der Waals surface area contributed by atoms with E-state index in [2.05, 4.69) is 16.5 Å². The highest BCUT2D eigenvalue weighted by molar-refractivity contribution is 7.89. The number of ether oxygens (including phenoxy) is 1. The molecule has 9 heteroatoms. The number of rotatable bonds is 8. The number of methoxy groups -OCH3 is 1. The average molecular weight is 424 g/mol. The molecule has 1 atom stereocenters. The van der Waals surface area contributed by atoms with E-state index < -0.39 is 10.0 Å². The summed E-state index contributed by atoms with van der Waals surface area (Å²) in [6.45, 7) is 5.56. The van der Waals surface area contributed by atoms with E-state index in [1.165, 1.54) is 38.2 Å². The average Bonchev–Trinajstić information content (AvgIpc) is 3.03. The largest absolute Gasteiger partial charge is 0.495 e. The second kappa shape index (κ2) is 9.23. The maximum absolute atomic E-state index is 12.7. The first kappa shape index (κ1) is 21.7. The van der Waals surface area contributed by atoms with Gasteiger partial charge in [0.2, 0.25) is 21.8 Å². The van der Waals surface area contributed by atoms with Crippen molar-refractivity contribution in [3.63, 3.8) is 0 Å². The predicted molar refractivity (Wildman–Crippen MR) is 109 cm³/mol. The fourth-order valence-corrected chi connectivity index (χ4v) is 5.03. The van der Waals surface area contributed by atoms with Crippen molar-refractivity contribution in [2.75, 3.05) is 38.2 Å². The van der Waals surface area contributed by atoms with E-state index in [9.17, 15) is 18.0 Å². The third-order valence-electron chi connectivity index (χ3n) is 5.44. The third-order valence-corrected chi connectivity index (χ3v) is 6.90. The first-order valence-corrected chi connectivity index (χ1v) is 11.6. The zero-order valence-electron chi connectivity index (χ0n) is 17.0. The van der Waals surface area contributed by atoms with E-state index >= 15 is 0 Å². The SMILES string of the molecule is COc1ccc(S(=O)(=O)NCCCN2CCC[C@H](C)C2)cc1N1C(=O)CCC1=O. The number of carbonyl (C=O) groups excluding carboxylic acids is 2. The monoisotopic (exact) mass is 423 g/mol. The zero-order chi connectivity index (χ0) is 21.0. The van der Waals surface area contributed by atoms with Crippen molar-refractivity contribution < 1.29 is 22.7 Å². The first-order valence-electron chi connectivity index (χ1n) is 10.1. The second-order valence-electron chi connectivity index (χ2n) is 7.76. The molecular formula is C20H29N3O5S. The molecule has 0 radical (unpaired) electrons. The molecular weight excluding hydrogens is 394 g/mol. The van der Waals surface area contributed by atoms with Gasteiger partial charge >= 0.3 is 0 Å². The number of imide groups is 1. The lowest BCUT2D eigenvalue weighted by Crippen LogP contribution is -2.36. The number of carbonyl (C=O) groups is 2. The van der Waals surface area contributed by atoms with Gasteiger partial charge in [-0.3, -0.25) is 9.59 Å². The van der Waals surface area contributed by atoms with Crippen molar-refractivity contribution in [1.29, 1.82) is 0 Å². The number of hydrogen-bond donors (Lipinski definition) is 1. The lowest BCUT2D eigenvalue weighted by molar-refractivity contribution is -0.121. The Labute approximate surface area is 172 Å². The molecule has 0 saturated carbocycles. The van der Waals surface area contributed by atoms with E-state index in [1.807, 2.05) is 0 Å². The van der Waals surface area contributed by atoms with Crippen molar-refractivity contribution in [1.82, 2.24) is 9.62 Å². The Morgan fingerprint density at radius 3 is 2.59 bits per heavy atom. The summed E-state index contributed by atoms with van der Waals surface area (Å²) in [5.41, 5.74) is 0.171. The number of hydrogen-bond acceptors (Lipinski definition) is 6. The number of anilines is 1. The molecule has 29 heavy (non-hydrogen) atoms. The van der Waals surface area contributed by atoms with Gasteiger partial charge in [0.1, 0.15) is 5.75 Å². The summed E-state index contributed by atoms with van der Waals surface area (Å²) in [6, 6.07) is 4.22. The summed E-state index contributed by atoms with van der Waals surface area (Å²) in [4.78, 5) is 27.5. The third kappa shape index (κ3) is 5.15. The van der Waals surface area contributed by atoms with Crippen LogP contribution in [0.3, 0.4) is 0 Å². The number of sulfonamides is 1. The molecule has 1 N–H and O–H groups in total. The molecule has 0 spiro atoms. The fraction of sp³-hybridized carbons (Fsp3) is 0.600. The molecule has 2 amide bonds. The molecule has 2 heterocycles. The number of benzene rings is 1. The Bertz CT molecular complexity index is 855. The molecule has 2 aliphatic heterocycles. The van der Waals surface area contributed by atoms with Crippen LogP contribution >= 0.6 is 0 Å². The van der Waals surface area contributed by atoms with Gasteiger partial charge in [-0.2, -0.15) is 0 Å². The topological polar surface area (TPSA) is 96.0 Å². The second-order valence-corrected chi connectivity index (χ2v) is 9.52.